The van der Waals surface area contributed by atoms with Gasteiger partial charge in [-0.3, -0.25) is 4.79 Å². The zero-order valence-corrected chi connectivity index (χ0v) is 19.3. The summed E-state index contributed by atoms with van der Waals surface area (Å²) in [6, 6.07) is 5.55. The van der Waals surface area contributed by atoms with E-state index in [0.717, 1.165) is 22.9 Å². The predicted molar refractivity (Wildman–Crippen MR) is 125 cm³/mol. The zero-order valence-electron chi connectivity index (χ0n) is 17.7. The van der Waals surface area contributed by atoms with E-state index in [9.17, 15) is 4.79 Å². The Morgan fingerprint density at radius 1 is 1.10 bits per heavy atom. The normalized spacial score (nSPS) is 10.8. The molecule has 0 heterocycles. The highest BCUT2D eigenvalue weighted by molar-refractivity contribution is 9.10. The van der Waals surface area contributed by atoms with Crippen LogP contribution < -0.4 is 10.2 Å². The van der Waals surface area contributed by atoms with Gasteiger partial charge in [-0.05, 0) is 24.6 Å². The van der Waals surface area contributed by atoms with Crippen LogP contribution in [0.25, 0.3) is 0 Å². The largest absolute Gasteiger partial charge is 0.480 e. The number of rotatable bonds is 16. The highest BCUT2D eigenvalue weighted by Crippen LogP contribution is 2.21. The SMILES string of the molecule is C#CCOc1ccc(Br)cc1/C=N\NC(=O)CCCCCCCCCCCCC. The molecular formula is C24H35BrN2O2. The maximum atomic E-state index is 11.9. The van der Waals surface area contributed by atoms with Crippen molar-refractivity contribution in [1.82, 2.24) is 5.43 Å². The molecule has 0 unspecified atom stereocenters. The zero-order chi connectivity index (χ0) is 21.2. The van der Waals surface area contributed by atoms with Gasteiger partial charge in [0.1, 0.15) is 12.4 Å². The maximum Gasteiger partial charge on any atom is 0.240 e. The number of nitrogens with one attached hydrogen (secondary N) is 1. The third kappa shape index (κ3) is 13.1. The molecule has 1 rings (SSSR count). The van der Waals surface area contributed by atoms with Gasteiger partial charge in [-0.15, -0.1) is 6.42 Å². The lowest BCUT2D eigenvalue weighted by Crippen LogP contribution is -2.17. The minimum absolute atomic E-state index is 0.0572. The van der Waals surface area contributed by atoms with E-state index in [1.165, 1.54) is 57.8 Å². The summed E-state index contributed by atoms with van der Waals surface area (Å²) in [6.07, 6.45) is 21.3. The molecule has 1 amide bonds. The highest BCUT2D eigenvalue weighted by Gasteiger charge is 2.03. The van der Waals surface area contributed by atoms with Gasteiger partial charge in [0, 0.05) is 16.5 Å². The molecule has 4 nitrogen and oxygen atoms in total. The smallest absolute Gasteiger partial charge is 0.240 e. The van der Waals surface area contributed by atoms with Gasteiger partial charge in [0.25, 0.3) is 0 Å². The van der Waals surface area contributed by atoms with Crippen LogP contribution in [0.4, 0.5) is 0 Å². The van der Waals surface area contributed by atoms with Crippen LogP contribution in [0.5, 0.6) is 5.75 Å². The highest BCUT2D eigenvalue weighted by atomic mass is 79.9. The van der Waals surface area contributed by atoms with Gasteiger partial charge in [-0.2, -0.15) is 5.10 Å². The number of hydrazone groups is 1. The summed E-state index contributed by atoms with van der Waals surface area (Å²) in [4.78, 5) is 11.9. The summed E-state index contributed by atoms with van der Waals surface area (Å²) in [5.74, 6) is 3.02. The molecule has 0 radical (unpaired) electrons. The van der Waals surface area contributed by atoms with Crippen molar-refractivity contribution in [2.24, 2.45) is 5.10 Å². The fraction of sp³-hybridized carbons (Fsp3) is 0.583. The molecule has 0 saturated carbocycles. The number of amides is 1. The van der Waals surface area contributed by atoms with E-state index in [0.29, 0.717) is 12.2 Å². The topological polar surface area (TPSA) is 50.7 Å². The fourth-order valence-corrected chi connectivity index (χ4v) is 3.43. The first-order chi connectivity index (χ1) is 14.2. The van der Waals surface area contributed by atoms with Crippen LogP contribution in [0.2, 0.25) is 0 Å². The van der Waals surface area contributed by atoms with Crippen molar-refractivity contribution in [2.75, 3.05) is 6.61 Å². The van der Waals surface area contributed by atoms with Gasteiger partial charge in [-0.25, -0.2) is 5.43 Å². The molecular weight excluding hydrogens is 428 g/mol. The van der Waals surface area contributed by atoms with Crippen LogP contribution in [0.1, 0.15) is 89.5 Å². The molecule has 1 aromatic rings. The first-order valence-electron chi connectivity index (χ1n) is 10.8. The van der Waals surface area contributed by atoms with E-state index in [-0.39, 0.29) is 12.5 Å². The summed E-state index contributed by atoms with van der Waals surface area (Å²) in [7, 11) is 0. The monoisotopic (exact) mass is 462 g/mol. The summed E-state index contributed by atoms with van der Waals surface area (Å²) in [5.41, 5.74) is 3.34. The average Bonchev–Trinajstić information content (AvgIpc) is 2.71. The summed E-state index contributed by atoms with van der Waals surface area (Å²) < 4.78 is 6.38. The van der Waals surface area contributed by atoms with Crippen LogP contribution >= 0.6 is 15.9 Å². The third-order valence-electron chi connectivity index (χ3n) is 4.68. The van der Waals surface area contributed by atoms with Crippen molar-refractivity contribution in [3.05, 3.63) is 28.2 Å². The minimum Gasteiger partial charge on any atom is -0.480 e. The van der Waals surface area contributed by atoms with Gasteiger partial charge < -0.3 is 4.74 Å². The van der Waals surface area contributed by atoms with E-state index in [4.69, 9.17) is 11.2 Å². The van der Waals surface area contributed by atoms with Gasteiger partial charge in [0.2, 0.25) is 5.91 Å². The Kier molecular flexibility index (Phi) is 14.9. The summed E-state index contributed by atoms with van der Waals surface area (Å²) >= 11 is 3.42. The number of carbonyl (C=O) groups is 1. The molecule has 0 aliphatic rings. The number of ether oxygens (including phenoxy) is 1. The first kappa shape index (κ1) is 25.2. The van der Waals surface area contributed by atoms with Crippen molar-refractivity contribution in [2.45, 2.75) is 84.0 Å². The van der Waals surface area contributed by atoms with Crippen molar-refractivity contribution in [3.8, 4) is 18.1 Å². The number of carbonyl (C=O) groups excluding carboxylic acids is 1. The van der Waals surface area contributed by atoms with Crippen LogP contribution in [0.15, 0.2) is 27.8 Å². The van der Waals surface area contributed by atoms with Crippen molar-refractivity contribution in [1.29, 1.82) is 0 Å². The number of hydrogen-bond acceptors (Lipinski definition) is 3. The lowest BCUT2D eigenvalue weighted by Gasteiger charge is -2.06. The Bertz CT molecular complexity index is 653. The van der Waals surface area contributed by atoms with Crippen LogP contribution in [0, 0.1) is 12.3 Å². The minimum atomic E-state index is -0.0572. The summed E-state index contributed by atoms with van der Waals surface area (Å²) in [6.45, 7) is 2.44. The Morgan fingerprint density at radius 3 is 2.34 bits per heavy atom. The van der Waals surface area contributed by atoms with Crippen molar-refractivity contribution in [3.63, 3.8) is 0 Å². The van der Waals surface area contributed by atoms with E-state index < -0.39 is 0 Å². The lowest BCUT2D eigenvalue weighted by molar-refractivity contribution is -0.121. The standard InChI is InChI=1S/C24H35BrN2O2/c1-3-5-6-7-8-9-10-11-12-13-14-15-24(28)27-26-20-21-19-22(25)16-17-23(21)29-18-4-2/h2,16-17,19-20H,3,5-15,18H2,1H3,(H,27,28)/b26-20-. The second-order valence-electron chi connectivity index (χ2n) is 7.25. The average molecular weight is 463 g/mol. The molecule has 0 saturated heterocycles. The molecule has 0 atom stereocenters. The van der Waals surface area contributed by atoms with E-state index in [1.807, 2.05) is 18.2 Å². The Hall–Kier alpha value is -1.80. The molecule has 0 aromatic heterocycles. The van der Waals surface area contributed by atoms with E-state index in [2.05, 4.69) is 39.3 Å². The third-order valence-corrected chi connectivity index (χ3v) is 5.18. The molecule has 5 heteroatoms. The second-order valence-corrected chi connectivity index (χ2v) is 8.17. The Morgan fingerprint density at radius 2 is 1.72 bits per heavy atom. The fourth-order valence-electron chi connectivity index (χ4n) is 3.05. The molecule has 29 heavy (non-hydrogen) atoms. The Balaban J connectivity index is 2.14. The number of nitrogens with zero attached hydrogens (tertiary/aromatic N) is 1. The van der Waals surface area contributed by atoms with Gasteiger partial charge in [0.15, 0.2) is 0 Å². The molecule has 0 aliphatic heterocycles. The first-order valence-corrected chi connectivity index (χ1v) is 11.6. The Labute approximate surface area is 185 Å². The van der Waals surface area contributed by atoms with Crippen LogP contribution in [0.3, 0.4) is 0 Å². The molecule has 1 aromatic carbocycles. The van der Waals surface area contributed by atoms with Gasteiger partial charge in [0.05, 0.1) is 6.21 Å². The quantitative estimate of drug-likeness (QED) is 0.130. The molecule has 1 N–H and O–H groups in total. The number of halogens is 1. The molecule has 160 valence electrons. The molecule has 0 fully saturated rings. The number of terminal acetylenes is 1. The van der Waals surface area contributed by atoms with Crippen molar-refractivity contribution >= 4 is 28.1 Å². The molecule has 0 aliphatic carbocycles. The van der Waals surface area contributed by atoms with Crippen LogP contribution in [-0.2, 0) is 4.79 Å². The lowest BCUT2D eigenvalue weighted by atomic mass is 10.1. The molecule has 0 spiro atoms. The number of hydrogen-bond donors (Lipinski definition) is 1. The van der Waals surface area contributed by atoms with E-state index >= 15 is 0 Å². The second kappa shape index (κ2) is 17.1. The van der Waals surface area contributed by atoms with E-state index in [1.54, 1.807) is 6.21 Å². The van der Waals surface area contributed by atoms with Crippen LogP contribution in [-0.4, -0.2) is 18.7 Å². The number of unbranched alkanes of at least 4 members (excludes halogenated alkanes) is 10. The number of benzene rings is 1. The predicted octanol–water partition coefficient (Wildman–Crippen LogP) is 6.61. The van der Waals surface area contributed by atoms with Gasteiger partial charge in [-0.1, -0.05) is 93.0 Å². The molecule has 0 bridgehead atoms. The summed E-state index contributed by atoms with van der Waals surface area (Å²) in [5, 5.41) is 4.04. The van der Waals surface area contributed by atoms with Gasteiger partial charge >= 0.3 is 0 Å². The van der Waals surface area contributed by atoms with Crippen molar-refractivity contribution < 1.29 is 9.53 Å². The maximum absolute atomic E-state index is 11.9.